The van der Waals surface area contributed by atoms with Gasteiger partial charge >= 0.3 is 0 Å². The summed E-state index contributed by atoms with van der Waals surface area (Å²) in [7, 11) is -3.47. The molecular formula is C19H25NO3S. The normalized spacial score (nSPS) is 16.9. The van der Waals surface area contributed by atoms with E-state index in [1.54, 1.807) is 16.4 Å². The molecular weight excluding hydrogens is 322 g/mol. The predicted molar refractivity (Wildman–Crippen MR) is 97.0 cm³/mol. The van der Waals surface area contributed by atoms with Crippen molar-refractivity contribution in [3.8, 4) is 5.75 Å². The molecule has 5 heteroatoms. The molecule has 0 aliphatic carbocycles. The van der Waals surface area contributed by atoms with Crippen LogP contribution in [-0.4, -0.2) is 32.4 Å². The molecule has 0 aromatic heterocycles. The minimum Gasteiger partial charge on any atom is -0.493 e. The lowest BCUT2D eigenvalue weighted by Gasteiger charge is -2.21. The number of hydrogen-bond acceptors (Lipinski definition) is 3. The summed E-state index contributed by atoms with van der Waals surface area (Å²) < 4.78 is 33.8. The summed E-state index contributed by atoms with van der Waals surface area (Å²) in [5.74, 6) is 0.752. The third-order valence-electron chi connectivity index (χ3n) is 4.49. The fraction of sp³-hybridized carbons (Fsp3) is 0.474. The van der Waals surface area contributed by atoms with Crippen LogP contribution in [0.3, 0.4) is 0 Å². The summed E-state index contributed by atoms with van der Waals surface area (Å²) in [6.07, 6.45) is 5.01. The minimum absolute atomic E-state index is 0.392. The summed E-state index contributed by atoms with van der Waals surface area (Å²) >= 11 is 0. The topological polar surface area (TPSA) is 46.6 Å². The van der Waals surface area contributed by atoms with E-state index in [0.29, 0.717) is 24.6 Å². The van der Waals surface area contributed by atoms with E-state index >= 15 is 0 Å². The van der Waals surface area contributed by atoms with Gasteiger partial charge in [0.25, 0.3) is 0 Å². The molecule has 1 aliphatic rings. The monoisotopic (exact) mass is 347 g/mol. The van der Waals surface area contributed by atoms with E-state index in [9.17, 15) is 8.42 Å². The van der Waals surface area contributed by atoms with Crippen molar-refractivity contribution in [2.45, 2.75) is 43.9 Å². The third-order valence-corrected chi connectivity index (χ3v) is 6.45. The Morgan fingerprint density at radius 3 is 2.29 bits per heavy atom. The Bertz CT molecular complexity index is 793. The molecule has 1 saturated heterocycles. The standard InChI is InChI=1S/C19H25NO3S/c1-2-15-23-18-11-12-19(17-10-6-5-9-16(17)18)24(21,22)20-13-7-3-4-8-14-20/h5-6,9-12H,2-4,7-8,13-15H2,1H3. The second-order valence-corrected chi connectivity index (χ2v) is 8.18. The third kappa shape index (κ3) is 3.42. The van der Waals surface area contributed by atoms with Crippen molar-refractivity contribution >= 4 is 20.8 Å². The molecule has 0 radical (unpaired) electrons. The number of hydrogen-bond donors (Lipinski definition) is 0. The Hall–Kier alpha value is -1.59. The molecule has 0 amide bonds. The first-order valence-electron chi connectivity index (χ1n) is 8.79. The van der Waals surface area contributed by atoms with Crippen molar-refractivity contribution in [3.63, 3.8) is 0 Å². The van der Waals surface area contributed by atoms with Crippen molar-refractivity contribution in [2.75, 3.05) is 19.7 Å². The molecule has 2 aromatic rings. The average Bonchev–Trinajstić information content (AvgIpc) is 2.89. The van der Waals surface area contributed by atoms with Gasteiger partial charge in [-0.3, -0.25) is 0 Å². The Labute approximate surface area is 144 Å². The van der Waals surface area contributed by atoms with E-state index in [2.05, 4.69) is 6.92 Å². The first kappa shape index (κ1) is 17.2. The Morgan fingerprint density at radius 2 is 1.62 bits per heavy atom. The molecule has 0 unspecified atom stereocenters. The van der Waals surface area contributed by atoms with Crippen LogP contribution in [0, 0.1) is 0 Å². The lowest BCUT2D eigenvalue weighted by atomic mass is 10.1. The molecule has 130 valence electrons. The van der Waals surface area contributed by atoms with Gasteiger partial charge in [0.15, 0.2) is 0 Å². The molecule has 0 N–H and O–H groups in total. The van der Waals surface area contributed by atoms with Crippen molar-refractivity contribution in [1.29, 1.82) is 0 Å². The maximum Gasteiger partial charge on any atom is 0.243 e. The molecule has 1 fully saturated rings. The summed E-state index contributed by atoms with van der Waals surface area (Å²) in [4.78, 5) is 0.392. The molecule has 0 bridgehead atoms. The Kier molecular flexibility index (Phi) is 5.41. The SMILES string of the molecule is CCCOc1ccc(S(=O)(=O)N2CCCCCC2)c2ccccc12. The van der Waals surface area contributed by atoms with Gasteiger partial charge in [-0.05, 0) is 31.4 Å². The molecule has 1 heterocycles. The first-order valence-corrected chi connectivity index (χ1v) is 10.2. The van der Waals surface area contributed by atoms with Gasteiger partial charge in [-0.1, -0.05) is 44.0 Å². The molecule has 4 nitrogen and oxygen atoms in total. The van der Waals surface area contributed by atoms with Crippen LogP contribution >= 0.6 is 0 Å². The number of fused-ring (bicyclic) bond motifs is 1. The van der Waals surface area contributed by atoms with Crippen LogP contribution in [0.4, 0.5) is 0 Å². The van der Waals surface area contributed by atoms with Gasteiger partial charge in [-0.25, -0.2) is 8.42 Å². The molecule has 0 atom stereocenters. The van der Waals surface area contributed by atoms with Crippen LogP contribution in [0.2, 0.25) is 0 Å². The number of nitrogens with zero attached hydrogens (tertiary/aromatic N) is 1. The van der Waals surface area contributed by atoms with Crippen LogP contribution in [0.15, 0.2) is 41.3 Å². The highest BCUT2D eigenvalue weighted by Gasteiger charge is 2.27. The maximum atomic E-state index is 13.2. The zero-order chi connectivity index (χ0) is 17.0. The van der Waals surface area contributed by atoms with E-state index in [0.717, 1.165) is 48.6 Å². The van der Waals surface area contributed by atoms with Gasteiger partial charge in [0.05, 0.1) is 11.5 Å². The quantitative estimate of drug-likeness (QED) is 0.814. The lowest BCUT2D eigenvalue weighted by molar-refractivity contribution is 0.321. The molecule has 2 aromatic carbocycles. The fourth-order valence-corrected chi connectivity index (χ4v) is 4.94. The largest absolute Gasteiger partial charge is 0.493 e. The molecule has 0 spiro atoms. The maximum absolute atomic E-state index is 13.2. The minimum atomic E-state index is -3.47. The van der Waals surface area contributed by atoms with Gasteiger partial charge in [0.2, 0.25) is 10.0 Å². The highest BCUT2D eigenvalue weighted by molar-refractivity contribution is 7.89. The summed E-state index contributed by atoms with van der Waals surface area (Å²) in [6.45, 7) is 3.91. The summed E-state index contributed by atoms with van der Waals surface area (Å²) in [6, 6.07) is 11.1. The Balaban J connectivity index is 2.06. The van der Waals surface area contributed by atoms with Crippen LogP contribution < -0.4 is 4.74 Å². The van der Waals surface area contributed by atoms with Gasteiger partial charge in [0.1, 0.15) is 5.75 Å². The smallest absolute Gasteiger partial charge is 0.243 e. The second-order valence-electron chi connectivity index (χ2n) is 6.27. The second kappa shape index (κ2) is 7.53. The highest BCUT2D eigenvalue weighted by atomic mass is 32.2. The van der Waals surface area contributed by atoms with Crippen LogP contribution in [0.5, 0.6) is 5.75 Å². The van der Waals surface area contributed by atoms with E-state index in [1.807, 2.05) is 24.3 Å². The molecule has 3 rings (SSSR count). The van der Waals surface area contributed by atoms with E-state index in [1.165, 1.54) is 0 Å². The van der Waals surface area contributed by atoms with Gasteiger partial charge in [-0.2, -0.15) is 4.31 Å². The van der Waals surface area contributed by atoms with Crippen LogP contribution in [-0.2, 0) is 10.0 Å². The lowest BCUT2D eigenvalue weighted by Crippen LogP contribution is -2.32. The fourth-order valence-electron chi connectivity index (χ4n) is 3.23. The summed E-state index contributed by atoms with van der Waals surface area (Å²) in [5.41, 5.74) is 0. The van der Waals surface area contributed by atoms with E-state index in [4.69, 9.17) is 4.74 Å². The van der Waals surface area contributed by atoms with Crippen LogP contribution in [0.25, 0.3) is 10.8 Å². The zero-order valence-corrected chi connectivity index (χ0v) is 15.0. The highest BCUT2D eigenvalue weighted by Crippen LogP contribution is 2.33. The number of benzene rings is 2. The van der Waals surface area contributed by atoms with Gasteiger partial charge in [0, 0.05) is 23.9 Å². The van der Waals surface area contributed by atoms with Gasteiger partial charge < -0.3 is 4.74 Å². The van der Waals surface area contributed by atoms with E-state index < -0.39 is 10.0 Å². The number of ether oxygens (including phenoxy) is 1. The number of rotatable bonds is 5. The first-order chi connectivity index (χ1) is 11.6. The molecule has 0 saturated carbocycles. The average molecular weight is 347 g/mol. The van der Waals surface area contributed by atoms with Crippen LogP contribution in [0.1, 0.15) is 39.0 Å². The predicted octanol–water partition coefficient (Wildman–Crippen LogP) is 4.19. The van der Waals surface area contributed by atoms with Crippen molar-refractivity contribution in [2.24, 2.45) is 0 Å². The van der Waals surface area contributed by atoms with Gasteiger partial charge in [-0.15, -0.1) is 0 Å². The van der Waals surface area contributed by atoms with Crippen molar-refractivity contribution < 1.29 is 13.2 Å². The van der Waals surface area contributed by atoms with Crippen molar-refractivity contribution in [1.82, 2.24) is 4.31 Å². The number of sulfonamides is 1. The molecule has 1 aliphatic heterocycles. The zero-order valence-electron chi connectivity index (χ0n) is 14.2. The molecule has 24 heavy (non-hydrogen) atoms. The Morgan fingerprint density at radius 1 is 0.958 bits per heavy atom. The summed E-state index contributed by atoms with van der Waals surface area (Å²) in [5, 5.41) is 1.61. The van der Waals surface area contributed by atoms with E-state index in [-0.39, 0.29) is 0 Å². The van der Waals surface area contributed by atoms with Crippen molar-refractivity contribution in [3.05, 3.63) is 36.4 Å².